The molecule has 0 atom stereocenters. The minimum Gasteiger partial charge on any atom is -0.497 e. The molecule has 6 nitrogen and oxygen atoms in total. The van der Waals surface area contributed by atoms with E-state index >= 15 is 0 Å². The van der Waals surface area contributed by atoms with E-state index in [0.29, 0.717) is 13.2 Å². The van der Waals surface area contributed by atoms with Crippen LogP contribution in [0, 0.1) is 6.92 Å². The number of anilines is 1. The van der Waals surface area contributed by atoms with Crippen LogP contribution in [0.4, 0.5) is 5.69 Å². The third-order valence-corrected chi connectivity index (χ3v) is 6.82. The Balaban J connectivity index is 1.44. The van der Waals surface area contributed by atoms with Gasteiger partial charge in [-0.25, -0.2) is 4.98 Å². The third-order valence-electron chi connectivity index (χ3n) is 5.62. The highest BCUT2D eigenvalue weighted by atomic mass is 32.1. The quantitative estimate of drug-likeness (QED) is 0.535. The van der Waals surface area contributed by atoms with Gasteiger partial charge in [0.15, 0.2) is 0 Å². The van der Waals surface area contributed by atoms with Crippen LogP contribution in [-0.4, -0.2) is 55.7 Å². The van der Waals surface area contributed by atoms with Gasteiger partial charge in [-0.3, -0.25) is 4.79 Å². The normalized spacial score (nSPS) is 14.2. The molecule has 168 valence electrons. The van der Waals surface area contributed by atoms with E-state index in [0.717, 1.165) is 64.4 Å². The van der Waals surface area contributed by atoms with E-state index in [4.69, 9.17) is 9.47 Å². The van der Waals surface area contributed by atoms with E-state index < -0.39 is 0 Å². The monoisotopic (exact) mass is 451 g/mol. The summed E-state index contributed by atoms with van der Waals surface area (Å²) in [4.78, 5) is 23.0. The maximum absolute atomic E-state index is 13.3. The van der Waals surface area contributed by atoms with E-state index in [9.17, 15) is 4.79 Å². The Morgan fingerprint density at radius 3 is 2.41 bits per heavy atom. The van der Waals surface area contributed by atoms with Crippen molar-refractivity contribution in [2.24, 2.45) is 0 Å². The van der Waals surface area contributed by atoms with Gasteiger partial charge < -0.3 is 19.3 Å². The fourth-order valence-electron chi connectivity index (χ4n) is 3.89. The van der Waals surface area contributed by atoms with Gasteiger partial charge >= 0.3 is 0 Å². The van der Waals surface area contributed by atoms with E-state index in [1.807, 2.05) is 55.1 Å². The summed E-state index contributed by atoms with van der Waals surface area (Å²) < 4.78 is 10.8. The van der Waals surface area contributed by atoms with Crippen molar-refractivity contribution in [3.63, 3.8) is 0 Å². The third kappa shape index (κ3) is 4.88. The molecule has 0 aliphatic carbocycles. The number of ether oxygens (including phenoxy) is 2. The van der Waals surface area contributed by atoms with Crippen molar-refractivity contribution in [1.82, 2.24) is 9.88 Å². The number of thiazole rings is 1. The molecule has 2 heterocycles. The fourth-order valence-corrected chi connectivity index (χ4v) is 4.93. The van der Waals surface area contributed by atoms with E-state index in [-0.39, 0.29) is 5.91 Å². The van der Waals surface area contributed by atoms with Gasteiger partial charge in [0.05, 0.1) is 19.4 Å². The lowest BCUT2D eigenvalue weighted by atomic mass is 10.2. The van der Waals surface area contributed by atoms with Gasteiger partial charge in [-0.1, -0.05) is 0 Å². The van der Waals surface area contributed by atoms with Crippen LogP contribution in [0.1, 0.15) is 28.7 Å². The Labute approximate surface area is 193 Å². The maximum atomic E-state index is 13.3. The SMILES string of the molecule is CCOc1ccc(-c2nc(C)c(C(=O)N3CCCN(c4ccc(OC)cc4)CC3)s2)cc1. The zero-order chi connectivity index (χ0) is 22.5. The van der Waals surface area contributed by atoms with Crippen LogP contribution in [0.2, 0.25) is 0 Å². The lowest BCUT2D eigenvalue weighted by Crippen LogP contribution is -2.35. The predicted molar refractivity (Wildman–Crippen MR) is 129 cm³/mol. The number of amides is 1. The Hall–Kier alpha value is -3.06. The van der Waals surface area contributed by atoms with Crippen LogP contribution >= 0.6 is 11.3 Å². The molecule has 4 rings (SSSR count). The second-order valence-corrected chi connectivity index (χ2v) is 8.72. The second-order valence-electron chi connectivity index (χ2n) is 7.72. The van der Waals surface area contributed by atoms with Gasteiger partial charge in [0.25, 0.3) is 5.91 Å². The molecule has 0 bridgehead atoms. The lowest BCUT2D eigenvalue weighted by Gasteiger charge is -2.23. The van der Waals surface area contributed by atoms with Crippen molar-refractivity contribution in [2.45, 2.75) is 20.3 Å². The van der Waals surface area contributed by atoms with Crippen molar-refractivity contribution in [3.8, 4) is 22.1 Å². The first-order valence-corrected chi connectivity index (χ1v) is 11.8. The van der Waals surface area contributed by atoms with Crippen molar-refractivity contribution >= 4 is 22.9 Å². The minimum absolute atomic E-state index is 0.0776. The number of carbonyl (C=O) groups excluding carboxylic acids is 1. The molecular weight excluding hydrogens is 422 g/mol. The highest BCUT2D eigenvalue weighted by Crippen LogP contribution is 2.30. The number of aromatic nitrogens is 1. The Morgan fingerprint density at radius 2 is 1.72 bits per heavy atom. The van der Waals surface area contributed by atoms with Gasteiger partial charge in [-0.05, 0) is 68.8 Å². The largest absolute Gasteiger partial charge is 0.497 e. The van der Waals surface area contributed by atoms with Gasteiger partial charge in [-0.2, -0.15) is 0 Å². The smallest absolute Gasteiger partial charge is 0.265 e. The van der Waals surface area contributed by atoms with Crippen molar-refractivity contribution in [1.29, 1.82) is 0 Å². The van der Waals surface area contributed by atoms with Crippen molar-refractivity contribution in [3.05, 3.63) is 59.1 Å². The van der Waals surface area contributed by atoms with Gasteiger partial charge in [0, 0.05) is 37.4 Å². The van der Waals surface area contributed by atoms with E-state index in [2.05, 4.69) is 22.0 Å². The highest BCUT2D eigenvalue weighted by molar-refractivity contribution is 7.17. The molecule has 1 aliphatic heterocycles. The summed E-state index contributed by atoms with van der Waals surface area (Å²) in [6.45, 7) is 7.71. The van der Waals surface area contributed by atoms with E-state index in [1.54, 1.807) is 7.11 Å². The molecule has 0 spiro atoms. The molecular formula is C25H29N3O3S. The summed E-state index contributed by atoms with van der Waals surface area (Å²) in [6.07, 6.45) is 0.932. The number of hydrogen-bond donors (Lipinski definition) is 0. The van der Waals surface area contributed by atoms with Crippen LogP contribution in [0.5, 0.6) is 11.5 Å². The first-order valence-electron chi connectivity index (χ1n) is 11.0. The molecule has 7 heteroatoms. The number of nitrogens with zero attached hydrogens (tertiary/aromatic N) is 3. The first kappa shape index (κ1) is 22.1. The van der Waals surface area contributed by atoms with Crippen LogP contribution in [0.3, 0.4) is 0 Å². The lowest BCUT2D eigenvalue weighted by molar-refractivity contribution is 0.0771. The van der Waals surface area contributed by atoms with Crippen LogP contribution in [0.25, 0.3) is 10.6 Å². The molecule has 2 aromatic carbocycles. The number of methoxy groups -OCH3 is 1. The summed E-state index contributed by atoms with van der Waals surface area (Å²) >= 11 is 1.47. The summed E-state index contributed by atoms with van der Waals surface area (Å²) in [5, 5.41) is 0.864. The van der Waals surface area contributed by atoms with Crippen LogP contribution in [-0.2, 0) is 0 Å². The Morgan fingerprint density at radius 1 is 1.00 bits per heavy atom. The average molecular weight is 452 g/mol. The van der Waals surface area contributed by atoms with Gasteiger partial charge in [0.2, 0.25) is 0 Å². The Bertz CT molecular complexity index is 1050. The van der Waals surface area contributed by atoms with Gasteiger partial charge in [0.1, 0.15) is 21.4 Å². The van der Waals surface area contributed by atoms with Gasteiger partial charge in [-0.15, -0.1) is 11.3 Å². The number of benzene rings is 2. The van der Waals surface area contributed by atoms with Crippen molar-refractivity contribution in [2.75, 3.05) is 44.8 Å². The number of carbonyl (C=O) groups is 1. The molecule has 1 amide bonds. The van der Waals surface area contributed by atoms with E-state index in [1.165, 1.54) is 11.3 Å². The minimum atomic E-state index is 0.0776. The summed E-state index contributed by atoms with van der Waals surface area (Å²) in [6, 6.07) is 16.0. The number of aryl methyl sites for hydroxylation is 1. The average Bonchev–Trinajstić information content (AvgIpc) is 3.04. The molecule has 0 radical (unpaired) electrons. The highest BCUT2D eigenvalue weighted by Gasteiger charge is 2.24. The first-order chi connectivity index (χ1) is 15.6. The summed E-state index contributed by atoms with van der Waals surface area (Å²) in [5.74, 6) is 1.77. The maximum Gasteiger partial charge on any atom is 0.265 e. The molecule has 1 aromatic heterocycles. The predicted octanol–water partition coefficient (Wildman–Crippen LogP) is 4.88. The molecule has 32 heavy (non-hydrogen) atoms. The molecule has 3 aromatic rings. The zero-order valence-corrected chi connectivity index (χ0v) is 19.7. The molecule has 1 aliphatic rings. The topological polar surface area (TPSA) is 54.9 Å². The second kappa shape index (κ2) is 10.0. The van der Waals surface area contributed by atoms with Crippen LogP contribution < -0.4 is 14.4 Å². The zero-order valence-electron chi connectivity index (χ0n) is 18.8. The standard InChI is InChI=1S/C25H29N3O3S/c1-4-31-22-10-6-19(7-11-22)24-26-18(2)23(32-24)25(29)28-15-5-14-27(16-17-28)20-8-12-21(30-3)13-9-20/h6-13H,4-5,14-17H2,1-3H3. The van der Waals surface area contributed by atoms with Crippen LogP contribution in [0.15, 0.2) is 48.5 Å². The van der Waals surface area contributed by atoms with Crippen molar-refractivity contribution < 1.29 is 14.3 Å². The molecule has 1 fully saturated rings. The molecule has 0 N–H and O–H groups in total. The summed E-state index contributed by atoms with van der Waals surface area (Å²) in [5.41, 5.74) is 2.95. The summed E-state index contributed by atoms with van der Waals surface area (Å²) in [7, 11) is 1.67. The number of hydrogen-bond acceptors (Lipinski definition) is 6. The Kier molecular flexibility index (Phi) is 6.95. The molecule has 0 unspecified atom stereocenters. The molecule has 0 saturated carbocycles. The number of rotatable bonds is 6. The molecule has 1 saturated heterocycles. The fraction of sp³-hybridized carbons (Fsp3) is 0.360.